The molecule has 0 saturated carbocycles. The summed E-state index contributed by atoms with van der Waals surface area (Å²) in [4.78, 5) is 31.7. The Morgan fingerprint density at radius 2 is 1.91 bits per heavy atom. The Hall–Kier alpha value is -3.35. The lowest BCUT2D eigenvalue weighted by Crippen LogP contribution is -2.29. The fourth-order valence-corrected chi connectivity index (χ4v) is 4.25. The van der Waals surface area contributed by atoms with Crippen molar-refractivity contribution in [2.24, 2.45) is 0 Å². The minimum Gasteiger partial charge on any atom is -0.507 e. The van der Waals surface area contributed by atoms with Gasteiger partial charge in [-0.25, -0.2) is 0 Å². The van der Waals surface area contributed by atoms with E-state index in [1.165, 1.54) is 4.90 Å². The third-order valence-corrected chi connectivity index (χ3v) is 6.28. The van der Waals surface area contributed by atoms with Crippen LogP contribution in [-0.4, -0.2) is 33.8 Å². The highest BCUT2D eigenvalue weighted by molar-refractivity contribution is 6.46. The third kappa shape index (κ3) is 4.32. The van der Waals surface area contributed by atoms with E-state index in [9.17, 15) is 14.7 Å². The van der Waals surface area contributed by atoms with Gasteiger partial charge in [-0.2, -0.15) is 0 Å². The average Bonchev–Trinajstić information content (AvgIpc) is 3.06. The number of ketones is 1. The molecule has 4 rings (SSSR count). The number of hydrogen-bond donors (Lipinski definition) is 1. The molecule has 8 heteroatoms. The number of methoxy groups -OCH3 is 1. The first-order valence-corrected chi connectivity index (χ1v) is 10.8. The molecule has 1 atom stereocenters. The van der Waals surface area contributed by atoms with Crippen LogP contribution in [0.5, 0.6) is 5.75 Å². The van der Waals surface area contributed by atoms with E-state index in [1.807, 2.05) is 13.0 Å². The SMILES string of the molecule is COc1ccc(C(O)=C2C(=O)C(=O)N(Cc3cccnc3)[C@H]2c2ccc(Cl)c(Cl)c2)cc1C. The van der Waals surface area contributed by atoms with E-state index >= 15 is 0 Å². The highest BCUT2D eigenvalue weighted by Gasteiger charge is 2.46. The molecule has 2 heterocycles. The summed E-state index contributed by atoms with van der Waals surface area (Å²) >= 11 is 12.3. The largest absolute Gasteiger partial charge is 0.507 e. The molecule has 1 aromatic heterocycles. The zero-order valence-corrected chi connectivity index (χ0v) is 19.4. The summed E-state index contributed by atoms with van der Waals surface area (Å²) in [6.07, 6.45) is 3.25. The maximum atomic E-state index is 13.2. The van der Waals surface area contributed by atoms with Crippen molar-refractivity contribution in [1.82, 2.24) is 9.88 Å². The van der Waals surface area contributed by atoms with Crippen LogP contribution in [0.3, 0.4) is 0 Å². The van der Waals surface area contributed by atoms with Crippen molar-refractivity contribution in [3.05, 3.63) is 98.8 Å². The van der Waals surface area contributed by atoms with Gasteiger partial charge in [-0.1, -0.05) is 35.3 Å². The van der Waals surface area contributed by atoms with Crippen LogP contribution >= 0.6 is 23.2 Å². The Labute approximate surface area is 201 Å². The van der Waals surface area contributed by atoms with Crippen LogP contribution in [0.1, 0.15) is 28.3 Å². The average molecular weight is 483 g/mol. The van der Waals surface area contributed by atoms with Crippen LogP contribution in [-0.2, 0) is 16.1 Å². The Morgan fingerprint density at radius 1 is 1.12 bits per heavy atom. The van der Waals surface area contributed by atoms with Crippen molar-refractivity contribution in [2.45, 2.75) is 19.5 Å². The zero-order valence-electron chi connectivity index (χ0n) is 17.9. The third-order valence-electron chi connectivity index (χ3n) is 5.54. The number of halogens is 2. The summed E-state index contributed by atoms with van der Waals surface area (Å²) in [5.41, 5.74) is 2.45. The second kappa shape index (κ2) is 9.25. The first-order valence-electron chi connectivity index (χ1n) is 10.1. The molecule has 1 saturated heterocycles. The van der Waals surface area contributed by atoms with Gasteiger partial charge < -0.3 is 14.7 Å². The summed E-state index contributed by atoms with van der Waals surface area (Å²) in [6.45, 7) is 1.95. The number of aromatic nitrogens is 1. The van der Waals surface area contributed by atoms with Crippen molar-refractivity contribution < 1.29 is 19.4 Å². The summed E-state index contributed by atoms with van der Waals surface area (Å²) in [5, 5.41) is 11.8. The maximum absolute atomic E-state index is 13.2. The molecule has 168 valence electrons. The van der Waals surface area contributed by atoms with Crippen LogP contribution in [0.25, 0.3) is 5.76 Å². The molecule has 0 aliphatic carbocycles. The molecule has 1 aliphatic rings. The Balaban J connectivity index is 1.88. The maximum Gasteiger partial charge on any atom is 0.295 e. The molecule has 33 heavy (non-hydrogen) atoms. The fraction of sp³-hybridized carbons (Fsp3) is 0.160. The number of aliphatic hydroxyl groups is 1. The number of benzene rings is 2. The van der Waals surface area contributed by atoms with Crippen molar-refractivity contribution >= 4 is 40.7 Å². The molecule has 2 aromatic carbocycles. The summed E-state index contributed by atoms with van der Waals surface area (Å²) in [7, 11) is 1.55. The van der Waals surface area contributed by atoms with E-state index < -0.39 is 17.7 Å². The smallest absolute Gasteiger partial charge is 0.295 e. The van der Waals surface area contributed by atoms with E-state index in [2.05, 4.69) is 4.98 Å². The monoisotopic (exact) mass is 482 g/mol. The topological polar surface area (TPSA) is 79.7 Å². The minimum atomic E-state index is -0.859. The minimum absolute atomic E-state index is 0.0214. The van der Waals surface area contributed by atoms with Gasteiger partial charge in [0.2, 0.25) is 0 Å². The van der Waals surface area contributed by atoms with Gasteiger partial charge in [0.25, 0.3) is 11.7 Å². The molecule has 1 amide bonds. The zero-order chi connectivity index (χ0) is 23.7. The number of likely N-dealkylation sites (tertiary alicyclic amines) is 1. The van der Waals surface area contributed by atoms with Crippen LogP contribution in [0.2, 0.25) is 10.0 Å². The summed E-state index contributed by atoms with van der Waals surface area (Å²) in [5.74, 6) is -1.13. The van der Waals surface area contributed by atoms with Gasteiger partial charge in [-0.05, 0) is 60.0 Å². The van der Waals surface area contributed by atoms with Gasteiger partial charge in [-0.15, -0.1) is 0 Å². The van der Waals surface area contributed by atoms with E-state index in [4.69, 9.17) is 27.9 Å². The first kappa shape index (κ1) is 22.8. The number of nitrogens with zero attached hydrogens (tertiary/aromatic N) is 2. The molecule has 6 nitrogen and oxygen atoms in total. The standard InChI is InChI=1S/C25H20Cl2N2O4/c1-14-10-17(6-8-20(14)33-2)23(30)21-22(16-5-7-18(26)19(27)11-16)29(25(32)24(21)31)13-15-4-3-9-28-12-15/h3-12,22,30H,13H2,1-2H3/t22-/m0/s1. The number of carbonyl (C=O) groups excluding carboxylic acids is 2. The molecule has 0 bridgehead atoms. The molecule has 1 N–H and O–H groups in total. The lowest BCUT2D eigenvalue weighted by molar-refractivity contribution is -0.140. The van der Waals surface area contributed by atoms with Crippen molar-refractivity contribution in [1.29, 1.82) is 0 Å². The van der Waals surface area contributed by atoms with E-state index in [1.54, 1.807) is 62.0 Å². The van der Waals surface area contributed by atoms with Crippen molar-refractivity contribution in [3.63, 3.8) is 0 Å². The lowest BCUT2D eigenvalue weighted by atomic mass is 9.94. The number of carbonyl (C=O) groups is 2. The molecular formula is C25H20Cl2N2O4. The Morgan fingerprint density at radius 3 is 2.55 bits per heavy atom. The van der Waals surface area contributed by atoms with Crippen LogP contribution < -0.4 is 4.74 Å². The van der Waals surface area contributed by atoms with Gasteiger partial charge >= 0.3 is 0 Å². The Kier molecular flexibility index (Phi) is 6.40. The van der Waals surface area contributed by atoms with Gasteiger partial charge in [0, 0.05) is 24.5 Å². The number of hydrogen-bond acceptors (Lipinski definition) is 5. The van der Waals surface area contributed by atoms with E-state index in [0.29, 0.717) is 21.9 Å². The Bertz CT molecular complexity index is 1270. The quantitative estimate of drug-likeness (QED) is 0.302. The normalized spacial score (nSPS) is 17.5. The molecule has 1 aliphatic heterocycles. The highest BCUT2D eigenvalue weighted by Crippen LogP contribution is 2.42. The fourth-order valence-electron chi connectivity index (χ4n) is 3.94. The van der Waals surface area contributed by atoms with Crippen molar-refractivity contribution in [2.75, 3.05) is 7.11 Å². The number of aliphatic hydroxyl groups excluding tert-OH is 1. The van der Waals surface area contributed by atoms with Crippen LogP contribution in [0.15, 0.2) is 66.5 Å². The molecule has 0 spiro atoms. The summed E-state index contributed by atoms with van der Waals surface area (Å²) in [6, 6.07) is 12.6. The molecule has 0 unspecified atom stereocenters. The van der Waals surface area contributed by atoms with Crippen LogP contribution in [0.4, 0.5) is 0 Å². The number of pyridine rings is 1. The van der Waals surface area contributed by atoms with Crippen molar-refractivity contribution in [3.8, 4) is 5.75 Å². The predicted octanol–water partition coefficient (Wildman–Crippen LogP) is 5.33. The van der Waals surface area contributed by atoms with E-state index in [-0.39, 0.29) is 22.9 Å². The van der Waals surface area contributed by atoms with E-state index in [0.717, 1.165) is 11.1 Å². The van der Waals surface area contributed by atoms with Gasteiger partial charge in [0.15, 0.2) is 0 Å². The van der Waals surface area contributed by atoms with Crippen LogP contribution in [0, 0.1) is 6.92 Å². The number of ether oxygens (including phenoxy) is 1. The molecular weight excluding hydrogens is 463 g/mol. The van der Waals surface area contributed by atoms with Gasteiger partial charge in [0.1, 0.15) is 11.5 Å². The molecule has 3 aromatic rings. The lowest BCUT2D eigenvalue weighted by Gasteiger charge is -2.25. The number of amides is 1. The first-order chi connectivity index (χ1) is 15.8. The molecule has 1 fully saturated rings. The number of rotatable bonds is 5. The molecule has 0 radical (unpaired) electrons. The predicted molar refractivity (Wildman–Crippen MR) is 126 cm³/mol. The second-order valence-electron chi connectivity index (χ2n) is 7.65. The van der Waals surface area contributed by atoms with Gasteiger partial charge in [-0.3, -0.25) is 14.6 Å². The second-order valence-corrected chi connectivity index (χ2v) is 8.46. The number of Topliss-reactive ketones (excluding diaryl/α,β-unsaturated/α-hetero) is 1. The van der Waals surface area contributed by atoms with Gasteiger partial charge in [0.05, 0.1) is 28.8 Å². The summed E-state index contributed by atoms with van der Waals surface area (Å²) < 4.78 is 5.28. The highest BCUT2D eigenvalue weighted by atomic mass is 35.5. The number of aryl methyl sites for hydroxylation is 1.